The summed E-state index contributed by atoms with van der Waals surface area (Å²) >= 11 is 0. The number of benzene rings is 1. The van der Waals surface area contributed by atoms with Crippen LogP contribution in [0.5, 0.6) is 5.75 Å². The molecule has 0 aliphatic heterocycles. The van der Waals surface area contributed by atoms with Crippen LogP contribution in [-0.4, -0.2) is 17.3 Å². The molecule has 1 aromatic carbocycles. The third-order valence-electron chi connectivity index (χ3n) is 4.12. The van der Waals surface area contributed by atoms with Gasteiger partial charge in [-0.05, 0) is 42.2 Å². The Balaban J connectivity index is 2.16. The molecule has 0 amide bonds. The monoisotopic (exact) mass is 262 g/mol. The molecule has 0 radical (unpaired) electrons. The van der Waals surface area contributed by atoms with E-state index in [0.717, 1.165) is 25.0 Å². The van der Waals surface area contributed by atoms with Gasteiger partial charge in [-0.3, -0.25) is 0 Å². The highest BCUT2D eigenvalue weighted by Gasteiger charge is 2.35. The smallest absolute Gasteiger partial charge is 0.125 e. The molecule has 0 heterocycles. The van der Waals surface area contributed by atoms with Gasteiger partial charge in [0, 0.05) is 0 Å². The molecule has 1 fully saturated rings. The van der Waals surface area contributed by atoms with E-state index in [2.05, 4.69) is 33.8 Å². The molecule has 0 aromatic heterocycles. The number of aliphatic hydroxyl groups is 1. The van der Waals surface area contributed by atoms with Gasteiger partial charge in [0.05, 0.1) is 6.10 Å². The number of aliphatic hydroxyl groups excluding tert-OH is 1. The van der Waals surface area contributed by atoms with Crippen LogP contribution in [-0.2, 0) is 0 Å². The molecular weight excluding hydrogens is 236 g/mol. The average Bonchev–Trinajstić information content (AvgIpc) is 2.34. The Hall–Kier alpha value is -1.02. The molecule has 1 aliphatic rings. The lowest BCUT2D eigenvalue weighted by Crippen LogP contribution is -2.41. The second-order valence-corrected chi connectivity index (χ2v) is 6.82. The van der Waals surface area contributed by atoms with E-state index in [9.17, 15) is 5.11 Å². The van der Waals surface area contributed by atoms with E-state index in [-0.39, 0.29) is 17.6 Å². The Morgan fingerprint density at radius 3 is 2.63 bits per heavy atom. The highest BCUT2D eigenvalue weighted by molar-refractivity contribution is 5.35. The zero-order chi connectivity index (χ0) is 14.0. The first kappa shape index (κ1) is 14.4. The molecule has 2 heteroatoms. The van der Waals surface area contributed by atoms with Crippen molar-refractivity contribution in [2.45, 2.75) is 65.1 Å². The predicted molar refractivity (Wildman–Crippen MR) is 78.6 cm³/mol. The Labute approximate surface area is 116 Å². The van der Waals surface area contributed by atoms with Gasteiger partial charge in [-0.2, -0.15) is 0 Å². The maximum atomic E-state index is 10.2. The summed E-state index contributed by atoms with van der Waals surface area (Å²) in [6, 6.07) is 8.18. The van der Waals surface area contributed by atoms with Gasteiger partial charge in [0.2, 0.25) is 0 Å². The van der Waals surface area contributed by atoms with E-state index in [1.54, 1.807) is 0 Å². The molecule has 0 spiro atoms. The quantitative estimate of drug-likeness (QED) is 0.887. The van der Waals surface area contributed by atoms with E-state index in [4.69, 9.17) is 4.74 Å². The molecule has 0 bridgehead atoms. The fraction of sp³-hybridized carbons (Fsp3) is 0.647. The largest absolute Gasteiger partial charge is 0.487 e. The van der Waals surface area contributed by atoms with Crippen molar-refractivity contribution in [1.29, 1.82) is 0 Å². The lowest BCUT2D eigenvalue weighted by atomic mass is 9.75. The second-order valence-electron chi connectivity index (χ2n) is 6.82. The Kier molecular flexibility index (Phi) is 4.19. The summed E-state index contributed by atoms with van der Waals surface area (Å²) in [5.41, 5.74) is 1.48. The van der Waals surface area contributed by atoms with E-state index in [1.165, 1.54) is 5.56 Å². The summed E-state index contributed by atoms with van der Waals surface area (Å²) in [5.74, 6) is 1.36. The molecule has 1 saturated carbocycles. The lowest BCUT2D eigenvalue weighted by Gasteiger charge is -2.38. The molecular formula is C17H26O2. The predicted octanol–water partition coefficient (Wildman–Crippen LogP) is 4.13. The van der Waals surface area contributed by atoms with Crippen LogP contribution in [0.4, 0.5) is 0 Å². The minimum atomic E-state index is -0.340. The summed E-state index contributed by atoms with van der Waals surface area (Å²) in [7, 11) is 0. The minimum absolute atomic E-state index is 0.0800. The Morgan fingerprint density at radius 2 is 1.95 bits per heavy atom. The fourth-order valence-electron chi connectivity index (χ4n) is 2.86. The molecule has 1 N–H and O–H groups in total. The summed E-state index contributed by atoms with van der Waals surface area (Å²) in [6.07, 6.45) is 2.40. The number of hydrogen-bond acceptors (Lipinski definition) is 2. The van der Waals surface area contributed by atoms with Crippen LogP contribution >= 0.6 is 0 Å². The highest BCUT2D eigenvalue weighted by atomic mass is 16.5. The van der Waals surface area contributed by atoms with E-state index >= 15 is 0 Å². The summed E-state index contributed by atoms with van der Waals surface area (Å²) in [5, 5.41) is 10.2. The third-order valence-corrected chi connectivity index (χ3v) is 4.12. The average molecular weight is 262 g/mol. The van der Waals surface area contributed by atoms with Gasteiger partial charge in [0.1, 0.15) is 11.9 Å². The van der Waals surface area contributed by atoms with E-state index in [1.807, 2.05) is 18.2 Å². The maximum absolute atomic E-state index is 10.2. The van der Waals surface area contributed by atoms with Crippen molar-refractivity contribution in [3.05, 3.63) is 29.8 Å². The zero-order valence-corrected chi connectivity index (χ0v) is 12.5. The standard InChI is InChI=1S/C17H26O2/c1-12(2)13-7-5-6-8-15(13)19-16-11-17(3,4)10-9-14(16)18/h5-8,12,14,16,18H,9-11H2,1-4H3. The van der Waals surface area contributed by atoms with Crippen LogP contribution in [0.15, 0.2) is 24.3 Å². The van der Waals surface area contributed by atoms with Crippen LogP contribution in [0.1, 0.15) is 58.4 Å². The van der Waals surface area contributed by atoms with Gasteiger partial charge in [-0.25, -0.2) is 0 Å². The third kappa shape index (κ3) is 3.50. The van der Waals surface area contributed by atoms with Crippen LogP contribution in [0.25, 0.3) is 0 Å². The fourth-order valence-corrected chi connectivity index (χ4v) is 2.86. The summed E-state index contributed by atoms with van der Waals surface area (Å²) in [6.45, 7) is 8.85. The SMILES string of the molecule is CC(C)c1ccccc1OC1CC(C)(C)CCC1O. The topological polar surface area (TPSA) is 29.5 Å². The second kappa shape index (κ2) is 5.54. The molecule has 2 rings (SSSR count). The molecule has 19 heavy (non-hydrogen) atoms. The molecule has 2 atom stereocenters. The van der Waals surface area contributed by atoms with Crippen molar-refractivity contribution in [3.8, 4) is 5.75 Å². The zero-order valence-electron chi connectivity index (χ0n) is 12.5. The number of ether oxygens (including phenoxy) is 1. The summed E-state index contributed by atoms with van der Waals surface area (Å²) < 4.78 is 6.15. The van der Waals surface area contributed by atoms with Crippen LogP contribution in [0.2, 0.25) is 0 Å². The number of rotatable bonds is 3. The van der Waals surface area contributed by atoms with Gasteiger partial charge in [0.15, 0.2) is 0 Å². The number of hydrogen-bond donors (Lipinski definition) is 1. The molecule has 2 nitrogen and oxygen atoms in total. The normalized spacial score (nSPS) is 26.4. The minimum Gasteiger partial charge on any atom is -0.487 e. The van der Waals surface area contributed by atoms with Gasteiger partial charge in [0.25, 0.3) is 0 Å². The van der Waals surface area contributed by atoms with Crippen molar-refractivity contribution < 1.29 is 9.84 Å². The van der Waals surface area contributed by atoms with Crippen molar-refractivity contribution in [1.82, 2.24) is 0 Å². The van der Waals surface area contributed by atoms with E-state index in [0.29, 0.717) is 5.92 Å². The van der Waals surface area contributed by atoms with Gasteiger partial charge >= 0.3 is 0 Å². The van der Waals surface area contributed by atoms with Crippen molar-refractivity contribution >= 4 is 0 Å². The molecule has 1 aromatic rings. The van der Waals surface area contributed by atoms with E-state index < -0.39 is 0 Å². The van der Waals surface area contributed by atoms with Crippen molar-refractivity contribution in [2.24, 2.45) is 5.41 Å². The first-order chi connectivity index (χ1) is 8.89. The Morgan fingerprint density at radius 1 is 1.26 bits per heavy atom. The van der Waals surface area contributed by atoms with Gasteiger partial charge in [-0.15, -0.1) is 0 Å². The van der Waals surface area contributed by atoms with Gasteiger partial charge in [-0.1, -0.05) is 45.9 Å². The van der Waals surface area contributed by atoms with Crippen molar-refractivity contribution in [2.75, 3.05) is 0 Å². The maximum Gasteiger partial charge on any atom is 0.125 e. The van der Waals surface area contributed by atoms with Gasteiger partial charge < -0.3 is 9.84 Å². The van der Waals surface area contributed by atoms with Crippen molar-refractivity contribution in [3.63, 3.8) is 0 Å². The molecule has 2 unspecified atom stereocenters. The molecule has 1 aliphatic carbocycles. The Bertz CT molecular complexity index is 423. The summed E-state index contributed by atoms with van der Waals surface area (Å²) in [4.78, 5) is 0. The first-order valence-electron chi connectivity index (χ1n) is 7.33. The highest BCUT2D eigenvalue weighted by Crippen LogP contribution is 2.38. The number of para-hydroxylation sites is 1. The van der Waals surface area contributed by atoms with Crippen LogP contribution in [0.3, 0.4) is 0 Å². The van der Waals surface area contributed by atoms with Crippen LogP contribution < -0.4 is 4.74 Å². The van der Waals surface area contributed by atoms with Crippen LogP contribution in [0, 0.1) is 5.41 Å². The first-order valence-corrected chi connectivity index (χ1v) is 7.33. The lowest BCUT2D eigenvalue weighted by molar-refractivity contribution is -0.0308. The molecule has 106 valence electrons. The molecule has 0 saturated heterocycles.